The fraction of sp³-hybridized carbons (Fsp3) is 0.400. The molecule has 3 heteroatoms. The summed E-state index contributed by atoms with van der Waals surface area (Å²) in [6, 6.07) is 3.50. The van der Waals surface area contributed by atoms with Crippen LogP contribution in [0.3, 0.4) is 0 Å². The van der Waals surface area contributed by atoms with Gasteiger partial charge in [-0.25, -0.2) is 0 Å². The Labute approximate surface area is 77.3 Å². The number of fused-ring (bicyclic) bond motifs is 1. The van der Waals surface area contributed by atoms with E-state index in [1.54, 1.807) is 13.2 Å². The second-order valence-corrected chi connectivity index (χ2v) is 3.17. The van der Waals surface area contributed by atoms with Gasteiger partial charge in [0.25, 0.3) is 0 Å². The summed E-state index contributed by atoms with van der Waals surface area (Å²) in [4.78, 5) is 0. The number of phenols is 1. The van der Waals surface area contributed by atoms with Gasteiger partial charge in [-0.2, -0.15) is 0 Å². The molecule has 2 rings (SSSR count). The van der Waals surface area contributed by atoms with Gasteiger partial charge < -0.3 is 15.2 Å². The van der Waals surface area contributed by atoms with Gasteiger partial charge in [0.1, 0.15) is 11.5 Å². The van der Waals surface area contributed by atoms with E-state index in [1.807, 2.05) is 6.07 Å². The predicted molar refractivity (Wildman–Crippen MR) is 50.1 cm³/mol. The highest BCUT2D eigenvalue weighted by molar-refractivity contribution is 5.49. The standard InChI is InChI=1S/C10H13NO2/c1-13-10-3-2-9(12)8-6-11-5-4-7(8)10/h2-3,11-12H,4-6H2,1H3. The lowest BCUT2D eigenvalue weighted by Gasteiger charge is -2.20. The number of phenolic OH excluding ortho intramolecular Hbond substituents is 1. The first kappa shape index (κ1) is 8.38. The van der Waals surface area contributed by atoms with Crippen LogP contribution in [0.2, 0.25) is 0 Å². The van der Waals surface area contributed by atoms with E-state index in [0.717, 1.165) is 36.4 Å². The Morgan fingerprint density at radius 1 is 1.38 bits per heavy atom. The maximum Gasteiger partial charge on any atom is 0.122 e. The van der Waals surface area contributed by atoms with Crippen LogP contribution in [0, 0.1) is 0 Å². The number of hydrogen-bond donors (Lipinski definition) is 2. The smallest absolute Gasteiger partial charge is 0.122 e. The van der Waals surface area contributed by atoms with E-state index >= 15 is 0 Å². The van der Waals surface area contributed by atoms with Gasteiger partial charge in [0, 0.05) is 17.7 Å². The van der Waals surface area contributed by atoms with Gasteiger partial charge in [0.05, 0.1) is 7.11 Å². The number of benzene rings is 1. The topological polar surface area (TPSA) is 41.5 Å². The predicted octanol–water partition coefficient (Wildman–Crippen LogP) is 1.05. The quantitative estimate of drug-likeness (QED) is 0.677. The summed E-state index contributed by atoms with van der Waals surface area (Å²) in [5.41, 5.74) is 2.12. The summed E-state index contributed by atoms with van der Waals surface area (Å²) in [6.45, 7) is 1.69. The van der Waals surface area contributed by atoms with E-state index in [9.17, 15) is 5.11 Å². The van der Waals surface area contributed by atoms with E-state index in [0.29, 0.717) is 5.75 Å². The highest BCUT2D eigenvalue weighted by Crippen LogP contribution is 2.31. The zero-order valence-corrected chi connectivity index (χ0v) is 7.63. The summed E-state index contributed by atoms with van der Waals surface area (Å²) in [7, 11) is 1.66. The molecule has 70 valence electrons. The Hall–Kier alpha value is -1.22. The van der Waals surface area contributed by atoms with Crippen LogP contribution in [0.15, 0.2) is 12.1 Å². The van der Waals surface area contributed by atoms with Gasteiger partial charge in [0.15, 0.2) is 0 Å². The average molecular weight is 179 g/mol. The van der Waals surface area contributed by atoms with Crippen molar-refractivity contribution < 1.29 is 9.84 Å². The first-order valence-corrected chi connectivity index (χ1v) is 4.41. The molecule has 1 aliphatic heterocycles. The van der Waals surface area contributed by atoms with Crippen LogP contribution in [-0.2, 0) is 13.0 Å². The zero-order chi connectivity index (χ0) is 9.26. The van der Waals surface area contributed by atoms with E-state index in [-0.39, 0.29) is 0 Å². The second kappa shape index (κ2) is 3.26. The van der Waals surface area contributed by atoms with Gasteiger partial charge >= 0.3 is 0 Å². The molecule has 2 N–H and O–H groups in total. The van der Waals surface area contributed by atoms with Gasteiger partial charge in [-0.15, -0.1) is 0 Å². The Kier molecular flexibility index (Phi) is 2.10. The van der Waals surface area contributed by atoms with E-state index in [4.69, 9.17) is 4.74 Å². The van der Waals surface area contributed by atoms with Crippen molar-refractivity contribution >= 4 is 0 Å². The van der Waals surface area contributed by atoms with Gasteiger partial charge in [-0.1, -0.05) is 0 Å². The van der Waals surface area contributed by atoms with E-state index < -0.39 is 0 Å². The van der Waals surface area contributed by atoms with E-state index in [1.165, 1.54) is 0 Å². The molecule has 0 aliphatic carbocycles. The van der Waals surface area contributed by atoms with Crippen molar-refractivity contribution in [3.8, 4) is 11.5 Å². The maximum atomic E-state index is 9.58. The van der Waals surface area contributed by atoms with Gasteiger partial charge in [-0.3, -0.25) is 0 Å². The molecular weight excluding hydrogens is 166 g/mol. The molecule has 1 aliphatic rings. The number of rotatable bonds is 1. The SMILES string of the molecule is COc1ccc(O)c2c1CCNC2. The van der Waals surface area contributed by atoms with Crippen LogP contribution in [0.1, 0.15) is 11.1 Å². The lowest BCUT2D eigenvalue weighted by molar-refractivity contribution is 0.400. The third kappa shape index (κ3) is 1.35. The molecule has 1 aromatic rings. The normalized spacial score (nSPS) is 15.2. The highest BCUT2D eigenvalue weighted by Gasteiger charge is 2.16. The fourth-order valence-electron chi connectivity index (χ4n) is 1.75. The van der Waals surface area contributed by atoms with Crippen LogP contribution in [0.4, 0.5) is 0 Å². The minimum atomic E-state index is 0.364. The van der Waals surface area contributed by atoms with Crippen LogP contribution < -0.4 is 10.1 Å². The number of methoxy groups -OCH3 is 1. The zero-order valence-electron chi connectivity index (χ0n) is 7.63. The van der Waals surface area contributed by atoms with Gasteiger partial charge in [0.2, 0.25) is 0 Å². The molecule has 0 saturated carbocycles. The summed E-state index contributed by atoms with van der Waals surface area (Å²) in [5.74, 6) is 1.25. The molecule has 1 heterocycles. The molecule has 0 aromatic heterocycles. The molecular formula is C10H13NO2. The van der Waals surface area contributed by atoms with Crippen LogP contribution in [0.25, 0.3) is 0 Å². The number of nitrogens with one attached hydrogen (secondary N) is 1. The van der Waals surface area contributed by atoms with Crippen molar-refractivity contribution in [1.82, 2.24) is 5.32 Å². The summed E-state index contributed by atoms with van der Waals surface area (Å²) in [5, 5.41) is 12.8. The molecule has 0 amide bonds. The lowest BCUT2D eigenvalue weighted by atomic mass is 9.99. The molecule has 0 saturated heterocycles. The lowest BCUT2D eigenvalue weighted by Crippen LogP contribution is -2.24. The van der Waals surface area contributed by atoms with Crippen molar-refractivity contribution in [3.05, 3.63) is 23.3 Å². The van der Waals surface area contributed by atoms with Crippen LogP contribution in [0.5, 0.6) is 11.5 Å². The number of ether oxygens (including phenoxy) is 1. The Balaban J connectivity index is 2.52. The summed E-state index contributed by atoms with van der Waals surface area (Å²) in [6.07, 6.45) is 0.924. The summed E-state index contributed by atoms with van der Waals surface area (Å²) < 4.78 is 5.23. The molecule has 3 nitrogen and oxygen atoms in total. The number of aromatic hydroxyl groups is 1. The average Bonchev–Trinajstić information content (AvgIpc) is 2.19. The minimum Gasteiger partial charge on any atom is -0.508 e. The minimum absolute atomic E-state index is 0.364. The third-order valence-corrected chi connectivity index (χ3v) is 2.44. The highest BCUT2D eigenvalue weighted by atomic mass is 16.5. The van der Waals surface area contributed by atoms with Crippen molar-refractivity contribution in [1.29, 1.82) is 0 Å². The molecule has 0 atom stereocenters. The Morgan fingerprint density at radius 3 is 3.00 bits per heavy atom. The van der Waals surface area contributed by atoms with Crippen molar-refractivity contribution in [2.45, 2.75) is 13.0 Å². The molecule has 0 unspecified atom stereocenters. The fourth-order valence-corrected chi connectivity index (χ4v) is 1.75. The molecule has 0 fully saturated rings. The van der Waals surface area contributed by atoms with Crippen molar-refractivity contribution in [2.75, 3.05) is 13.7 Å². The molecule has 13 heavy (non-hydrogen) atoms. The Bertz CT molecular complexity index is 323. The molecule has 1 aromatic carbocycles. The van der Waals surface area contributed by atoms with Crippen LogP contribution >= 0.6 is 0 Å². The largest absolute Gasteiger partial charge is 0.508 e. The molecule has 0 bridgehead atoms. The van der Waals surface area contributed by atoms with E-state index in [2.05, 4.69) is 5.32 Å². The third-order valence-electron chi connectivity index (χ3n) is 2.44. The van der Waals surface area contributed by atoms with Gasteiger partial charge in [-0.05, 0) is 25.1 Å². The van der Waals surface area contributed by atoms with Crippen molar-refractivity contribution in [2.24, 2.45) is 0 Å². The maximum absolute atomic E-state index is 9.58. The molecule has 0 spiro atoms. The van der Waals surface area contributed by atoms with Crippen molar-refractivity contribution in [3.63, 3.8) is 0 Å². The first-order valence-electron chi connectivity index (χ1n) is 4.41. The Morgan fingerprint density at radius 2 is 2.23 bits per heavy atom. The second-order valence-electron chi connectivity index (χ2n) is 3.17. The first-order chi connectivity index (χ1) is 6.33. The molecule has 0 radical (unpaired) electrons. The number of hydrogen-bond acceptors (Lipinski definition) is 3. The summed E-state index contributed by atoms with van der Waals surface area (Å²) >= 11 is 0. The monoisotopic (exact) mass is 179 g/mol. The van der Waals surface area contributed by atoms with Crippen LogP contribution in [-0.4, -0.2) is 18.8 Å².